The van der Waals surface area contributed by atoms with Crippen LogP contribution in [0.15, 0.2) is 24.3 Å². The predicted molar refractivity (Wildman–Crippen MR) is 146 cm³/mol. The number of hydrogen-bond acceptors (Lipinski definition) is 6. The molecule has 2 unspecified atom stereocenters. The van der Waals surface area contributed by atoms with Crippen LogP contribution in [0.2, 0.25) is 0 Å². The van der Waals surface area contributed by atoms with E-state index in [1.165, 1.54) is 0 Å². The number of carbonyl (C=O) groups excluding carboxylic acids is 3. The van der Waals surface area contributed by atoms with Gasteiger partial charge < -0.3 is 25.4 Å². The zero-order chi connectivity index (χ0) is 26.8. The van der Waals surface area contributed by atoms with Gasteiger partial charge in [0.05, 0.1) is 23.2 Å². The summed E-state index contributed by atoms with van der Waals surface area (Å²) in [6.07, 6.45) is 4.85. The zero-order valence-corrected chi connectivity index (χ0v) is 23.2. The Labute approximate surface area is 224 Å². The van der Waals surface area contributed by atoms with Crippen molar-refractivity contribution >= 4 is 35.2 Å². The van der Waals surface area contributed by atoms with E-state index in [1.807, 2.05) is 52.0 Å². The van der Waals surface area contributed by atoms with E-state index in [2.05, 4.69) is 10.6 Å². The number of likely N-dealkylation sites (tertiary alicyclic amines) is 1. The van der Waals surface area contributed by atoms with Crippen LogP contribution in [0.1, 0.15) is 66.2 Å². The number of nitrogens with zero attached hydrogens (tertiary/aromatic N) is 1. The lowest BCUT2D eigenvalue weighted by Crippen LogP contribution is -2.57. The highest BCUT2D eigenvalue weighted by Gasteiger charge is 2.73. The summed E-state index contributed by atoms with van der Waals surface area (Å²) in [6, 6.07) is 6.69. The first-order valence-electron chi connectivity index (χ1n) is 13.6. The third-order valence-electron chi connectivity index (χ3n) is 7.59. The molecule has 3 amide bonds. The molecule has 3 saturated heterocycles. The molecule has 9 heteroatoms. The Balaban J connectivity index is 1.56. The molecule has 0 saturated carbocycles. The maximum Gasteiger partial charge on any atom is 0.244 e. The van der Waals surface area contributed by atoms with Crippen LogP contribution in [0.4, 0.5) is 5.69 Å². The van der Waals surface area contributed by atoms with E-state index >= 15 is 0 Å². The highest BCUT2D eigenvalue weighted by atomic mass is 32.2. The number of ether oxygens (including phenoxy) is 1. The van der Waals surface area contributed by atoms with Crippen molar-refractivity contribution in [3.05, 3.63) is 24.3 Å². The van der Waals surface area contributed by atoms with Gasteiger partial charge in [0.2, 0.25) is 17.7 Å². The number of aliphatic hydroxyl groups excluding tert-OH is 1. The van der Waals surface area contributed by atoms with Gasteiger partial charge in [-0.25, -0.2) is 0 Å². The Morgan fingerprint density at radius 1 is 1.14 bits per heavy atom. The lowest BCUT2D eigenvalue weighted by molar-refractivity contribution is -0.139. The Bertz CT molecular complexity index is 995. The number of fused-ring (bicyclic) bond motifs is 1. The van der Waals surface area contributed by atoms with Gasteiger partial charge in [-0.1, -0.05) is 12.8 Å². The molecule has 2 bridgehead atoms. The number of aliphatic hydroxyl groups is 1. The molecule has 4 rings (SSSR count). The number of rotatable bonds is 11. The number of thioether (sulfide) groups is 1. The molecule has 204 valence electrons. The molecule has 1 spiro atoms. The molecule has 1 aromatic rings. The Morgan fingerprint density at radius 3 is 2.49 bits per heavy atom. The topological polar surface area (TPSA) is 108 Å². The summed E-state index contributed by atoms with van der Waals surface area (Å²) in [6.45, 7) is 8.98. The lowest BCUT2D eigenvalue weighted by Gasteiger charge is -2.36. The smallest absolute Gasteiger partial charge is 0.244 e. The standard InChI is InChI=1S/C28H41N3O5S/c1-5-36-19-12-10-18(11-13-19)29-24(33)21-20-14-15-28(37-20)22(21)26(35)31(16-8-6-7-9-17-32)23(28)25(34)30-27(2,3)4/h10-13,20-23,32H,5-9,14-17H2,1-4H3,(H,29,33)(H,30,34)/t20-,21+,22+,23?,28?/m1/s1. The average molecular weight is 532 g/mol. The molecule has 3 heterocycles. The van der Waals surface area contributed by atoms with E-state index in [9.17, 15) is 14.4 Å². The van der Waals surface area contributed by atoms with Crippen LogP contribution < -0.4 is 15.4 Å². The summed E-state index contributed by atoms with van der Waals surface area (Å²) in [4.78, 5) is 43.0. The van der Waals surface area contributed by atoms with Gasteiger partial charge in [-0.15, -0.1) is 11.8 Å². The van der Waals surface area contributed by atoms with E-state index in [-0.39, 0.29) is 29.6 Å². The van der Waals surface area contributed by atoms with Crippen molar-refractivity contribution in [1.29, 1.82) is 0 Å². The highest BCUT2D eigenvalue weighted by molar-refractivity contribution is 8.02. The fraction of sp³-hybridized carbons (Fsp3) is 0.679. The number of benzene rings is 1. The SMILES string of the molecule is CCOc1ccc(NC(=O)[C@@H]2[C@H]3C(=O)N(CCCCCCO)C(C(=O)NC(C)(C)C)C34CC[C@H]2S4)cc1. The molecule has 0 radical (unpaired) electrons. The molecule has 3 aliphatic heterocycles. The summed E-state index contributed by atoms with van der Waals surface area (Å²) in [7, 11) is 0. The summed E-state index contributed by atoms with van der Waals surface area (Å²) in [5.41, 5.74) is 0.247. The van der Waals surface area contributed by atoms with Crippen molar-refractivity contribution in [2.45, 2.75) is 87.8 Å². The molecule has 3 N–H and O–H groups in total. The molecule has 0 aromatic heterocycles. The van der Waals surface area contributed by atoms with Crippen molar-refractivity contribution in [1.82, 2.24) is 10.2 Å². The van der Waals surface area contributed by atoms with Crippen LogP contribution in [0.3, 0.4) is 0 Å². The number of hydrogen-bond donors (Lipinski definition) is 3. The largest absolute Gasteiger partial charge is 0.494 e. The zero-order valence-electron chi connectivity index (χ0n) is 22.4. The van der Waals surface area contributed by atoms with Gasteiger partial charge >= 0.3 is 0 Å². The molecule has 8 nitrogen and oxygen atoms in total. The fourth-order valence-corrected chi connectivity index (χ4v) is 8.43. The van der Waals surface area contributed by atoms with Crippen LogP contribution in [0, 0.1) is 11.8 Å². The Kier molecular flexibility index (Phi) is 8.43. The second-order valence-corrected chi connectivity index (χ2v) is 13.0. The summed E-state index contributed by atoms with van der Waals surface area (Å²) < 4.78 is 4.91. The molecule has 0 aliphatic carbocycles. The maximum absolute atomic E-state index is 14.0. The Morgan fingerprint density at radius 2 is 1.84 bits per heavy atom. The second-order valence-electron chi connectivity index (χ2n) is 11.4. The number of carbonyl (C=O) groups is 3. The minimum absolute atomic E-state index is 0.0216. The predicted octanol–water partition coefficient (Wildman–Crippen LogP) is 3.58. The molecule has 5 atom stereocenters. The van der Waals surface area contributed by atoms with Crippen molar-refractivity contribution < 1.29 is 24.2 Å². The Hall–Kier alpha value is -2.26. The van der Waals surface area contributed by atoms with Crippen LogP contribution in [-0.4, -0.2) is 69.1 Å². The first kappa shape index (κ1) is 27.8. The van der Waals surface area contributed by atoms with E-state index in [4.69, 9.17) is 9.84 Å². The lowest BCUT2D eigenvalue weighted by atomic mass is 9.70. The van der Waals surface area contributed by atoms with Gasteiger partial charge in [-0.3, -0.25) is 14.4 Å². The van der Waals surface area contributed by atoms with Crippen molar-refractivity contribution in [3.8, 4) is 5.75 Å². The summed E-state index contributed by atoms with van der Waals surface area (Å²) in [5.74, 6) is -0.587. The van der Waals surface area contributed by atoms with Crippen LogP contribution in [0.5, 0.6) is 5.75 Å². The van der Waals surface area contributed by atoms with E-state index in [0.717, 1.165) is 44.3 Å². The maximum atomic E-state index is 14.0. The molecule has 1 aromatic carbocycles. The van der Waals surface area contributed by atoms with E-state index < -0.39 is 28.2 Å². The monoisotopic (exact) mass is 531 g/mol. The second kappa shape index (κ2) is 11.2. The fourth-order valence-electron chi connectivity index (χ4n) is 6.21. The van der Waals surface area contributed by atoms with Crippen LogP contribution >= 0.6 is 11.8 Å². The van der Waals surface area contributed by atoms with Gasteiger partial charge in [0, 0.05) is 29.6 Å². The molecular formula is C28H41N3O5S. The van der Waals surface area contributed by atoms with Crippen molar-refractivity contribution in [2.75, 3.05) is 25.1 Å². The quantitative estimate of drug-likeness (QED) is 0.377. The molecule has 3 aliphatic rings. The minimum Gasteiger partial charge on any atom is -0.494 e. The van der Waals surface area contributed by atoms with Crippen molar-refractivity contribution in [2.24, 2.45) is 11.8 Å². The highest BCUT2D eigenvalue weighted by Crippen LogP contribution is 2.66. The van der Waals surface area contributed by atoms with Gasteiger partial charge in [-0.05, 0) is 77.6 Å². The van der Waals surface area contributed by atoms with Crippen molar-refractivity contribution in [3.63, 3.8) is 0 Å². The van der Waals surface area contributed by atoms with Crippen LogP contribution in [-0.2, 0) is 14.4 Å². The van der Waals surface area contributed by atoms with Gasteiger partial charge in [0.1, 0.15) is 11.8 Å². The molecule has 3 fully saturated rings. The number of anilines is 1. The molecule has 37 heavy (non-hydrogen) atoms. The minimum atomic E-state index is -0.583. The molecular weight excluding hydrogens is 490 g/mol. The number of amides is 3. The number of unbranched alkanes of at least 4 members (excludes halogenated alkanes) is 3. The average Bonchev–Trinajstić information content (AvgIpc) is 3.47. The first-order valence-corrected chi connectivity index (χ1v) is 14.4. The first-order chi connectivity index (χ1) is 17.6. The normalized spacial score (nSPS) is 28.4. The van der Waals surface area contributed by atoms with E-state index in [1.54, 1.807) is 16.7 Å². The van der Waals surface area contributed by atoms with E-state index in [0.29, 0.717) is 18.8 Å². The van der Waals surface area contributed by atoms with Crippen LogP contribution in [0.25, 0.3) is 0 Å². The van der Waals surface area contributed by atoms with Gasteiger partial charge in [-0.2, -0.15) is 0 Å². The summed E-state index contributed by atoms with van der Waals surface area (Å²) in [5, 5.41) is 15.3. The third-order valence-corrected chi connectivity index (χ3v) is 9.54. The van der Waals surface area contributed by atoms with Gasteiger partial charge in [0.15, 0.2) is 0 Å². The summed E-state index contributed by atoms with van der Waals surface area (Å²) >= 11 is 1.69. The number of nitrogens with one attached hydrogen (secondary N) is 2. The van der Waals surface area contributed by atoms with Gasteiger partial charge in [0.25, 0.3) is 0 Å². The third kappa shape index (κ3) is 5.62.